The van der Waals surface area contributed by atoms with Gasteiger partial charge >= 0.3 is 0 Å². The van der Waals surface area contributed by atoms with Gasteiger partial charge in [-0.15, -0.1) is 0 Å². The lowest BCUT2D eigenvalue weighted by Gasteiger charge is -1.74. The molecule has 0 aliphatic carbocycles. The van der Waals surface area contributed by atoms with E-state index in [1.165, 1.54) is 18.5 Å². The molecule has 0 aromatic heterocycles. The van der Waals surface area contributed by atoms with Crippen molar-refractivity contribution < 1.29 is 9.95 Å². The van der Waals surface area contributed by atoms with Crippen LogP contribution in [0.2, 0.25) is 0 Å². The molecule has 0 unspecified atom stereocenters. The van der Waals surface area contributed by atoms with Crippen molar-refractivity contribution in [3.05, 3.63) is 24.9 Å². The maximum atomic E-state index is 8.67. The highest BCUT2D eigenvalue weighted by Crippen LogP contribution is 1.68. The van der Waals surface area contributed by atoms with Gasteiger partial charge in [-0.25, -0.2) is 0 Å². The molecule has 0 heterocycles. The third-order valence-electron chi connectivity index (χ3n) is 0.560. The molecule has 0 rings (SSSR count). The summed E-state index contributed by atoms with van der Waals surface area (Å²) in [5.41, 5.74) is 0. The third kappa shape index (κ3) is 3.15. The van der Waals surface area contributed by atoms with E-state index in [1.54, 1.807) is 6.08 Å². The number of nitrogens with zero attached hydrogens (tertiary/aromatic N) is 1. The van der Waals surface area contributed by atoms with Crippen LogP contribution in [-0.2, 0) is 0 Å². The van der Waals surface area contributed by atoms with Crippen molar-refractivity contribution in [3.8, 4) is 0 Å². The van der Waals surface area contributed by atoms with Crippen LogP contribution in [0.25, 0.3) is 0 Å². The Morgan fingerprint density at radius 3 is 2.62 bits per heavy atom. The normalized spacial score (nSPS) is 12.4. The highest BCUT2D eigenvalue weighted by atomic mass is 16.5. The molecule has 1 N–H and O–H groups in total. The van der Waals surface area contributed by atoms with Gasteiger partial charge < -0.3 is 0 Å². The van der Waals surface area contributed by atoms with Gasteiger partial charge in [0, 0.05) is 4.74 Å². The first kappa shape index (κ1) is 6.95. The summed E-state index contributed by atoms with van der Waals surface area (Å²) in [7, 11) is 0. The summed E-state index contributed by atoms with van der Waals surface area (Å²) in [6.07, 6.45) is 6.18. The lowest BCUT2D eigenvalue weighted by Crippen LogP contribution is -1.94. The second-order valence-corrected chi connectivity index (χ2v) is 1.25. The third-order valence-corrected chi connectivity index (χ3v) is 0.560. The number of rotatable bonds is 2. The largest absolute Gasteiger partial charge is 0.285 e. The Labute approximate surface area is 49.0 Å². The fourth-order valence-electron chi connectivity index (χ4n) is 0.310. The van der Waals surface area contributed by atoms with Gasteiger partial charge in [0.1, 0.15) is 0 Å². The van der Waals surface area contributed by atoms with Crippen molar-refractivity contribution >= 4 is 6.21 Å². The molecule has 44 valence electrons. The Bertz CT molecular complexity index is 124. The Morgan fingerprint density at radius 1 is 1.62 bits per heavy atom. The first-order valence-electron chi connectivity index (χ1n) is 2.37. The van der Waals surface area contributed by atoms with Crippen LogP contribution in [0.15, 0.2) is 24.9 Å². The number of allylic oxidation sites excluding steroid dienone is 2. The summed E-state index contributed by atoms with van der Waals surface area (Å²) < 4.78 is 0.938. The van der Waals surface area contributed by atoms with E-state index >= 15 is 0 Å². The number of hydrogen-bond donors (Lipinski definition) is 1. The van der Waals surface area contributed by atoms with Crippen molar-refractivity contribution in [1.82, 2.24) is 0 Å². The minimum atomic E-state index is 0.938. The van der Waals surface area contributed by atoms with Crippen molar-refractivity contribution in [3.63, 3.8) is 0 Å². The van der Waals surface area contributed by atoms with Gasteiger partial charge in [-0.1, -0.05) is 6.58 Å². The van der Waals surface area contributed by atoms with Crippen molar-refractivity contribution in [2.24, 2.45) is 0 Å². The topological polar surface area (TPSA) is 23.2 Å². The standard InChI is InChI=1S/C6H10NO/c1-3-5-7(8)6-4-2/h3-6,8H,1H2,2H3/q+1/b6-4-,7-5+. The summed E-state index contributed by atoms with van der Waals surface area (Å²) in [6, 6.07) is 0. The molecule has 2 heteroatoms. The van der Waals surface area contributed by atoms with Crippen LogP contribution in [0.5, 0.6) is 0 Å². The van der Waals surface area contributed by atoms with E-state index in [4.69, 9.17) is 5.21 Å². The molecule has 0 aliphatic rings. The van der Waals surface area contributed by atoms with Gasteiger partial charge in [-0.05, 0) is 19.1 Å². The smallest absolute Gasteiger partial charge is 0.221 e. The molecule has 2 nitrogen and oxygen atoms in total. The molecule has 0 aromatic rings. The number of hydrogen-bond acceptors (Lipinski definition) is 1. The van der Waals surface area contributed by atoms with Crippen molar-refractivity contribution in [2.75, 3.05) is 0 Å². The molecule has 0 atom stereocenters. The van der Waals surface area contributed by atoms with E-state index in [0.717, 1.165) is 4.74 Å². The lowest BCUT2D eigenvalue weighted by molar-refractivity contribution is -0.721. The van der Waals surface area contributed by atoms with Crippen molar-refractivity contribution in [1.29, 1.82) is 0 Å². The molecular formula is C6H10NO+. The summed E-state index contributed by atoms with van der Waals surface area (Å²) in [4.78, 5) is 0. The van der Waals surface area contributed by atoms with E-state index in [9.17, 15) is 0 Å². The zero-order valence-electron chi connectivity index (χ0n) is 4.91. The zero-order valence-corrected chi connectivity index (χ0v) is 4.91. The molecular weight excluding hydrogens is 102 g/mol. The van der Waals surface area contributed by atoms with Gasteiger partial charge in [0.15, 0.2) is 0 Å². The Kier molecular flexibility index (Phi) is 3.58. The zero-order chi connectivity index (χ0) is 6.41. The van der Waals surface area contributed by atoms with Crippen LogP contribution in [0.3, 0.4) is 0 Å². The first-order chi connectivity index (χ1) is 3.81. The summed E-state index contributed by atoms with van der Waals surface area (Å²) >= 11 is 0. The average molecular weight is 112 g/mol. The van der Waals surface area contributed by atoms with E-state index in [0.29, 0.717) is 0 Å². The van der Waals surface area contributed by atoms with Gasteiger partial charge in [0.2, 0.25) is 12.4 Å². The summed E-state index contributed by atoms with van der Waals surface area (Å²) in [5.74, 6) is 0. The van der Waals surface area contributed by atoms with Crippen LogP contribution in [0, 0.1) is 0 Å². The Morgan fingerprint density at radius 2 is 2.25 bits per heavy atom. The summed E-state index contributed by atoms with van der Waals surface area (Å²) in [6.45, 7) is 5.21. The predicted octanol–water partition coefficient (Wildman–Crippen LogP) is 1.18. The molecule has 0 saturated heterocycles. The van der Waals surface area contributed by atoms with Gasteiger partial charge in [-0.2, -0.15) is 0 Å². The van der Waals surface area contributed by atoms with Gasteiger partial charge in [-0.3, -0.25) is 5.21 Å². The van der Waals surface area contributed by atoms with E-state index in [1.807, 2.05) is 6.92 Å². The Hall–Kier alpha value is -1.05. The van der Waals surface area contributed by atoms with E-state index in [2.05, 4.69) is 6.58 Å². The molecule has 0 fully saturated rings. The molecule has 0 spiro atoms. The fraction of sp³-hybridized carbons (Fsp3) is 0.167. The van der Waals surface area contributed by atoms with Crippen LogP contribution < -0.4 is 0 Å². The van der Waals surface area contributed by atoms with Crippen LogP contribution in [0.4, 0.5) is 0 Å². The van der Waals surface area contributed by atoms with Crippen LogP contribution in [-0.4, -0.2) is 16.2 Å². The van der Waals surface area contributed by atoms with E-state index < -0.39 is 0 Å². The summed E-state index contributed by atoms with van der Waals surface area (Å²) in [5, 5.41) is 8.67. The van der Waals surface area contributed by atoms with E-state index in [-0.39, 0.29) is 0 Å². The first-order valence-corrected chi connectivity index (χ1v) is 2.37. The van der Waals surface area contributed by atoms with Gasteiger partial charge in [0.25, 0.3) is 0 Å². The Balaban J connectivity index is 3.79. The van der Waals surface area contributed by atoms with Crippen LogP contribution >= 0.6 is 0 Å². The highest BCUT2D eigenvalue weighted by molar-refractivity contribution is 5.64. The molecule has 8 heavy (non-hydrogen) atoms. The molecule has 0 radical (unpaired) electrons. The molecule has 0 saturated carbocycles. The monoisotopic (exact) mass is 112 g/mol. The average Bonchev–Trinajstić information content (AvgIpc) is 1.68. The molecule has 0 amide bonds. The van der Waals surface area contributed by atoms with Gasteiger partial charge in [0.05, 0.1) is 0 Å². The minimum Gasteiger partial charge on any atom is -0.285 e. The molecule has 0 aromatic carbocycles. The maximum absolute atomic E-state index is 8.67. The quantitative estimate of drug-likeness (QED) is 0.246. The SMILES string of the molecule is C=C/C=[N+](O)\C=C/C. The second kappa shape index (κ2) is 4.12. The number of hydroxylamine groups is 1. The van der Waals surface area contributed by atoms with Crippen LogP contribution in [0.1, 0.15) is 6.92 Å². The fourth-order valence-corrected chi connectivity index (χ4v) is 0.310. The van der Waals surface area contributed by atoms with Crippen molar-refractivity contribution in [2.45, 2.75) is 6.92 Å². The lowest BCUT2D eigenvalue weighted by atomic mass is 10.6. The maximum Gasteiger partial charge on any atom is 0.221 e. The molecule has 0 bridgehead atoms. The second-order valence-electron chi connectivity index (χ2n) is 1.25. The minimum absolute atomic E-state index is 0.938. The molecule has 0 aliphatic heterocycles. The highest BCUT2D eigenvalue weighted by Gasteiger charge is 1.82. The predicted molar refractivity (Wildman–Crippen MR) is 33.1 cm³/mol.